The lowest BCUT2D eigenvalue weighted by Crippen LogP contribution is -2.42. The zero-order valence-electron chi connectivity index (χ0n) is 13.2. The molecule has 0 bridgehead atoms. The lowest BCUT2D eigenvalue weighted by Gasteiger charge is -2.20. The first-order valence-electron chi connectivity index (χ1n) is 7.87. The van der Waals surface area contributed by atoms with Crippen molar-refractivity contribution in [1.82, 2.24) is 5.32 Å². The molecule has 132 valence electrons. The topological polar surface area (TPSA) is 61.4 Å². The van der Waals surface area contributed by atoms with Gasteiger partial charge in [-0.05, 0) is 36.2 Å². The third-order valence-electron chi connectivity index (χ3n) is 4.33. The molecule has 0 saturated carbocycles. The van der Waals surface area contributed by atoms with Crippen molar-refractivity contribution in [3.8, 4) is 0 Å². The fraction of sp³-hybridized carbons (Fsp3) is 0.278. The standard InChI is InChI=1S/C18H17Cl2FN2O2/c19-10-3-1-4-11(7-10)23-18(25)17-14(8-12(9-24)22-17)13-5-2-6-15(20)16(13)21/h1-7,12,14,17,22,24H,8-9H2,(H,23,25). The normalized spacial score (nSPS) is 22.8. The predicted molar refractivity (Wildman–Crippen MR) is 96.6 cm³/mol. The predicted octanol–water partition coefficient (Wildman–Crippen LogP) is 3.58. The quantitative estimate of drug-likeness (QED) is 0.757. The smallest absolute Gasteiger partial charge is 0.242 e. The number of nitrogens with one attached hydrogen (secondary N) is 2. The molecule has 0 aromatic heterocycles. The first kappa shape index (κ1) is 18.1. The molecule has 3 unspecified atom stereocenters. The van der Waals surface area contributed by atoms with Crippen LogP contribution in [-0.4, -0.2) is 29.7 Å². The van der Waals surface area contributed by atoms with Crippen molar-refractivity contribution in [2.45, 2.75) is 24.4 Å². The van der Waals surface area contributed by atoms with Gasteiger partial charge in [0.2, 0.25) is 5.91 Å². The fourth-order valence-corrected chi connectivity index (χ4v) is 3.54. The van der Waals surface area contributed by atoms with Gasteiger partial charge in [-0.3, -0.25) is 4.79 Å². The number of benzene rings is 2. The monoisotopic (exact) mass is 382 g/mol. The van der Waals surface area contributed by atoms with Gasteiger partial charge < -0.3 is 15.7 Å². The Labute approximate surface area is 154 Å². The zero-order valence-corrected chi connectivity index (χ0v) is 14.7. The van der Waals surface area contributed by atoms with Crippen LogP contribution in [0.4, 0.5) is 10.1 Å². The molecule has 3 atom stereocenters. The summed E-state index contributed by atoms with van der Waals surface area (Å²) in [5, 5.41) is 15.8. The number of anilines is 1. The molecule has 0 radical (unpaired) electrons. The minimum atomic E-state index is -0.691. The van der Waals surface area contributed by atoms with Crippen LogP contribution in [0.2, 0.25) is 10.0 Å². The second-order valence-electron chi connectivity index (χ2n) is 6.01. The molecule has 7 heteroatoms. The van der Waals surface area contributed by atoms with Crippen LogP contribution in [0, 0.1) is 5.82 Å². The molecule has 2 aromatic rings. The Kier molecular flexibility index (Phi) is 5.59. The van der Waals surface area contributed by atoms with Crippen molar-refractivity contribution in [2.24, 2.45) is 0 Å². The van der Waals surface area contributed by atoms with E-state index in [1.807, 2.05) is 0 Å². The van der Waals surface area contributed by atoms with Crippen molar-refractivity contribution >= 4 is 34.8 Å². The summed E-state index contributed by atoms with van der Waals surface area (Å²) < 4.78 is 14.4. The van der Waals surface area contributed by atoms with Gasteiger partial charge in [-0.2, -0.15) is 0 Å². The summed E-state index contributed by atoms with van der Waals surface area (Å²) in [4.78, 5) is 12.7. The van der Waals surface area contributed by atoms with E-state index in [-0.39, 0.29) is 23.6 Å². The number of rotatable bonds is 4. The lowest BCUT2D eigenvalue weighted by molar-refractivity contribution is -0.118. The molecule has 3 N–H and O–H groups in total. The third-order valence-corrected chi connectivity index (χ3v) is 4.86. The van der Waals surface area contributed by atoms with E-state index >= 15 is 0 Å². The third kappa shape index (κ3) is 3.96. The molecule has 1 amide bonds. The van der Waals surface area contributed by atoms with Crippen LogP contribution in [0.15, 0.2) is 42.5 Å². The molecule has 2 aromatic carbocycles. The van der Waals surface area contributed by atoms with E-state index in [1.165, 1.54) is 6.07 Å². The zero-order chi connectivity index (χ0) is 18.0. The van der Waals surface area contributed by atoms with Crippen LogP contribution >= 0.6 is 23.2 Å². The van der Waals surface area contributed by atoms with E-state index in [4.69, 9.17) is 23.2 Å². The summed E-state index contributed by atoms with van der Waals surface area (Å²) in [5.74, 6) is -1.28. The lowest BCUT2D eigenvalue weighted by atomic mass is 9.90. The van der Waals surface area contributed by atoms with Gasteiger partial charge in [-0.25, -0.2) is 4.39 Å². The van der Waals surface area contributed by atoms with Crippen molar-refractivity contribution in [2.75, 3.05) is 11.9 Å². The van der Waals surface area contributed by atoms with E-state index in [1.54, 1.807) is 36.4 Å². The molecule has 0 aliphatic carbocycles. The Bertz CT molecular complexity index is 787. The molecule has 1 aliphatic heterocycles. The number of aliphatic hydroxyl groups is 1. The minimum Gasteiger partial charge on any atom is -0.395 e. The summed E-state index contributed by atoms with van der Waals surface area (Å²) in [6.07, 6.45) is 0.432. The molecular formula is C18H17Cl2FN2O2. The minimum absolute atomic E-state index is 0.0129. The van der Waals surface area contributed by atoms with Gasteiger partial charge in [0.05, 0.1) is 17.7 Å². The molecular weight excluding hydrogens is 366 g/mol. The highest BCUT2D eigenvalue weighted by Gasteiger charge is 2.40. The van der Waals surface area contributed by atoms with E-state index < -0.39 is 17.8 Å². The average molecular weight is 383 g/mol. The molecule has 3 rings (SSSR count). The molecule has 25 heavy (non-hydrogen) atoms. The summed E-state index contributed by atoms with van der Waals surface area (Å²) >= 11 is 11.8. The maximum Gasteiger partial charge on any atom is 0.242 e. The average Bonchev–Trinajstić information content (AvgIpc) is 3.02. The first-order chi connectivity index (χ1) is 12.0. The Morgan fingerprint density at radius 1 is 1.28 bits per heavy atom. The number of amides is 1. The van der Waals surface area contributed by atoms with E-state index in [0.29, 0.717) is 22.7 Å². The van der Waals surface area contributed by atoms with Gasteiger partial charge in [-0.1, -0.05) is 41.4 Å². The van der Waals surface area contributed by atoms with Crippen molar-refractivity contribution in [3.05, 3.63) is 63.9 Å². The Hall–Kier alpha value is -1.66. The number of halogens is 3. The van der Waals surface area contributed by atoms with E-state index in [9.17, 15) is 14.3 Å². The van der Waals surface area contributed by atoms with Crippen LogP contribution in [-0.2, 0) is 4.79 Å². The van der Waals surface area contributed by atoms with Crippen molar-refractivity contribution in [1.29, 1.82) is 0 Å². The highest BCUT2D eigenvalue weighted by Crippen LogP contribution is 2.35. The summed E-state index contributed by atoms with van der Waals surface area (Å²) in [7, 11) is 0. The van der Waals surface area contributed by atoms with Gasteiger partial charge in [0.25, 0.3) is 0 Å². The Morgan fingerprint density at radius 2 is 2.04 bits per heavy atom. The largest absolute Gasteiger partial charge is 0.395 e. The van der Waals surface area contributed by atoms with E-state index in [0.717, 1.165) is 0 Å². The first-order valence-corrected chi connectivity index (χ1v) is 8.62. The highest BCUT2D eigenvalue weighted by molar-refractivity contribution is 6.31. The van der Waals surface area contributed by atoms with Crippen molar-refractivity contribution < 1.29 is 14.3 Å². The van der Waals surface area contributed by atoms with Gasteiger partial charge in [-0.15, -0.1) is 0 Å². The Morgan fingerprint density at radius 3 is 2.76 bits per heavy atom. The van der Waals surface area contributed by atoms with E-state index in [2.05, 4.69) is 10.6 Å². The van der Waals surface area contributed by atoms with Gasteiger partial charge >= 0.3 is 0 Å². The van der Waals surface area contributed by atoms with Gasteiger partial charge in [0, 0.05) is 22.7 Å². The maximum atomic E-state index is 14.4. The molecule has 1 fully saturated rings. The molecule has 1 heterocycles. The van der Waals surface area contributed by atoms with Crippen molar-refractivity contribution in [3.63, 3.8) is 0 Å². The number of aliphatic hydroxyl groups excluding tert-OH is 1. The molecule has 1 saturated heterocycles. The number of carbonyl (C=O) groups excluding carboxylic acids is 1. The maximum absolute atomic E-state index is 14.4. The second kappa shape index (κ2) is 7.70. The molecule has 4 nitrogen and oxygen atoms in total. The van der Waals surface area contributed by atoms with Crippen LogP contribution in [0.25, 0.3) is 0 Å². The van der Waals surface area contributed by atoms with Gasteiger partial charge in [0.15, 0.2) is 0 Å². The highest BCUT2D eigenvalue weighted by atomic mass is 35.5. The Balaban J connectivity index is 1.86. The summed E-state index contributed by atoms with van der Waals surface area (Å²) in [6.45, 7) is -0.139. The van der Waals surface area contributed by atoms with Gasteiger partial charge in [0.1, 0.15) is 5.82 Å². The number of hydrogen-bond acceptors (Lipinski definition) is 3. The molecule has 1 aliphatic rings. The van der Waals surface area contributed by atoms with Crippen LogP contribution in [0.1, 0.15) is 17.9 Å². The number of carbonyl (C=O) groups is 1. The molecule has 0 spiro atoms. The van der Waals surface area contributed by atoms with Crippen LogP contribution in [0.3, 0.4) is 0 Å². The summed E-state index contributed by atoms with van der Waals surface area (Å²) in [5.41, 5.74) is 0.916. The second-order valence-corrected chi connectivity index (χ2v) is 6.85. The van der Waals surface area contributed by atoms with Crippen LogP contribution < -0.4 is 10.6 Å². The summed E-state index contributed by atoms with van der Waals surface area (Å²) in [6, 6.07) is 10.5. The fourth-order valence-electron chi connectivity index (χ4n) is 3.17. The van der Waals surface area contributed by atoms with Crippen LogP contribution in [0.5, 0.6) is 0 Å². The number of hydrogen-bond donors (Lipinski definition) is 3. The SMILES string of the molecule is O=C(Nc1cccc(Cl)c1)C1NC(CO)CC1c1cccc(Cl)c1F.